The van der Waals surface area contributed by atoms with Crippen LogP contribution in [-0.2, 0) is 0 Å². The first-order chi connectivity index (χ1) is 9.06. The Morgan fingerprint density at radius 1 is 1.05 bits per heavy atom. The monoisotopic (exact) mass is 255 g/mol. The second-order valence-corrected chi connectivity index (χ2v) is 4.55. The van der Waals surface area contributed by atoms with Crippen molar-refractivity contribution in [1.29, 1.82) is 0 Å². The van der Waals surface area contributed by atoms with Crippen molar-refractivity contribution in [3.63, 3.8) is 0 Å². The number of anilines is 2. The molecule has 0 aliphatic carbocycles. The van der Waals surface area contributed by atoms with E-state index in [1.54, 1.807) is 35.3 Å². The number of nitrogen functional groups attached to an aromatic ring is 1. The maximum Gasteiger partial charge on any atom is 0.193 e. The van der Waals surface area contributed by atoms with E-state index in [1.165, 1.54) is 0 Å². The minimum absolute atomic E-state index is 0.0327. The average Bonchev–Trinajstić information content (AvgIpc) is 2.37. The van der Waals surface area contributed by atoms with Gasteiger partial charge in [0.1, 0.15) is 0 Å². The zero-order valence-corrected chi connectivity index (χ0v) is 11.1. The Morgan fingerprint density at radius 3 is 2.37 bits per heavy atom. The van der Waals surface area contributed by atoms with Gasteiger partial charge < -0.3 is 11.2 Å². The van der Waals surface area contributed by atoms with E-state index < -0.39 is 0 Å². The van der Waals surface area contributed by atoms with Gasteiger partial charge in [0.2, 0.25) is 0 Å². The van der Waals surface area contributed by atoms with Crippen LogP contribution in [0.15, 0.2) is 48.5 Å². The Kier molecular flexibility index (Phi) is 3.82. The first-order valence-corrected chi connectivity index (χ1v) is 6.00. The molecule has 4 nitrogen and oxygen atoms in total. The number of benzene rings is 2. The van der Waals surface area contributed by atoms with Gasteiger partial charge in [0.05, 0.1) is 5.69 Å². The molecule has 2 aromatic rings. The van der Waals surface area contributed by atoms with Gasteiger partial charge in [-0.25, -0.2) is 5.01 Å². The first kappa shape index (κ1) is 13.1. The van der Waals surface area contributed by atoms with E-state index >= 15 is 0 Å². The molecular formula is C15H17N3O. The van der Waals surface area contributed by atoms with Gasteiger partial charge in [-0.05, 0) is 18.2 Å². The number of rotatable bonds is 4. The smallest absolute Gasteiger partial charge is 0.193 e. The summed E-state index contributed by atoms with van der Waals surface area (Å²) < 4.78 is 0. The molecule has 2 aromatic carbocycles. The molecule has 0 spiro atoms. The number of hydrogen-bond donors (Lipinski definition) is 2. The summed E-state index contributed by atoms with van der Waals surface area (Å²) in [5.74, 6) is -0.0327. The highest BCUT2D eigenvalue weighted by molar-refractivity contribution is 6.09. The second-order valence-electron chi connectivity index (χ2n) is 4.55. The van der Waals surface area contributed by atoms with Crippen LogP contribution in [0, 0.1) is 0 Å². The van der Waals surface area contributed by atoms with Gasteiger partial charge in [-0.3, -0.25) is 4.79 Å². The number of nitrogens with zero attached hydrogens (tertiary/aromatic N) is 1. The molecule has 4 heteroatoms. The molecule has 0 aliphatic heterocycles. The predicted molar refractivity (Wildman–Crippen MR) is 78.0 cm³/mol. The van der Waals surface area contributed by atoms with Crippen LogP contribution in [0.3, 0.4) is 0 Å². The van der Waals surface area contributed by atoms with E-state index in [9.17, 15) is 4.79 Å². The molecule has 0 heterocycles. The first-order valence-electron chi connectivity index (χ1n) is 6.00. The van der Waals surface area contributed by atoms with Gasteiger partial charge in [0, 0.05) is 30.9 Å². The summed E-state index contributed by atoms with van der Waals surface area (Å²) in [7, 11) is 3.75. The molecule has 2 rings (SSSR count). The van der Waals surface area contributed by atoms with Crippen LogP contribution in [-0.4, -0.2) is 24.9 Å². The van der Waals surface area contributed by atoms with Crippen molar-refractivity contribution in [2.75, 3.05) is 25.3 Å². The van der Waals surface area contributed by atoms with Crippen LogP contribution in [0.5, 0.6) is 0 Å². The SMILES string of the molecule is CN(C)Nc1cc(N)cc(C(=O)c2ccccc2)c1. The minimum atomic E-state index is -0.0327. The Balaban J connectivity index is 2.34. The summed E-state index contributed by atoms with van der Waals surface area (Å²) in [6.07, 6.45) is 0. The summed E-state index contributed by atoms with van der Waals surface area (Å²) in [6, 6.07) is 14.4. The molecule has 0 saturated carbocycles. The standard InChI is InChI=1S/C15H17N3O/c1-18(2)17-14-9-12(8-13(16)10-14)15(19)11-6-4-3-5-7-11/h3-10,17H,16H2,1-2H3. The van der Waals surface area contributed by atoms with E-state index in [2.05, 4.69) is 5.43 Å². The molecule has 0 radical (unpaired) electrons. The van der Waals surface area contributed by atoms with Crippen molar-refractivity contribution in [2.45, 2.75) is 0 Å². The van der Waals surface area contributed by atoms with Crippen LogP contribution < -0.4 is 11.2 Å². The van der Waals surface area contributed by atoms with E-state index in [1.807, 2.05) is 32.3 Å². The van der Waals surface area contributed by atoms with Crippen LogP contribution in [0.4, 0.5) is 11.4 Å². The van der Waals surface area contributed by atoms with Crippen molar-refractivity contribution in [3.8, 4) is 0 Å². The summed E-state index contributed by atoms with van der Waals surface area (Å²) >= 11 is 0. The Hall–Kier alpha value is -2.33. The van der Waals surface area contributed by atoms with Gasteiger partial charge in [-0.1, -0.05) is 30.3 Å². The molecular weight excluding hydrogens is 238 g/mol. The van der Waals surface area contributed by atoms with Gasteiger partial charge in [-0.2, -0.15) is 0 Å². The lowest BCUT2D eigenvalue weighted by atomic mass is 10.0. The second kappa shape index (κ2) is 5.54. The quantitative estimate of drug-likeness (QED) is 0.500. The lowest BCUT2D eigenvalue weighted by Gasteiger charge is -2.15. The van der Waals surface area contributed by atoms with E-state index in [4.69, 9.17) is 5.73 Å². The number of ketones is 1. The Bertz CT molecular complexity index is 579. The molecule has 0 atom stereocenters. The molecule has 0 aromatic heterocycles. The maximum atomic E-state index is 12.3. The lowest BCUT2D eigenvalue weighted by molar-refractivity contribution is 0.103. The minimum Gasteiger partial charge on any atom is -0.399 e. The molecule has 0 bridgehead atoms. The van der Waals surface area contributed by atoms with Crippen LogP contribution in [0.1, 0.15) is 15.9 Å². The Labute approximate surface area is 112 Å². The number of carbonyl (C=O) groups excluding carboxylic acids is 1. The predicted octanol–water partition coefficient (Wildman–Crippen LogP) is 2.39. The van der Waals surface area contributed by atoms with Crippen molar-refractivity contribution < 1.29 is 4.79 Å². The zero-order valence-electron chi connectivity index (χ0n) is 11.1. The van der Waals surface area contributed by atoms with E-state index in [0.29, 0.717) is 16.8 Å². The van der Waals surface area contributed by atoms with Crippen molar-refractivity contribution in [1.82, 2.24) is 5.01 Å². The number of nitrogens with two attached hydrogens (primary N) is 1. The highest BCUT2D eigenvalue weighted by atomic mass is 16.1. The number of hydrogen-bond acceptors (Lipinski definition) is 4. The third-order valence-electron chi connectivity index (χ3n) is 2.61. The fourth-order valence-electron chi connectivity index (χ4n) is 1.86. The third-order valence-corrected chi connectivity index (χ3v) is 2.61. The van der Waals surface area contributed by atoms with Crippen molar-refractivity contribution in [2.24, 2.45) is 0 Å². The molecule has 19 heavy (non-hydrogen) atoms. The third kappa shape index (κ3) is 3.33. The molecule has 0 saturated heterocycles. The van der Waals surface area contributed by atoms with Gasteiger partial charge in [0.15, 0.2) is 5.78 Å². The zero-order chi connectivity index (χ0) is 13.8. The Morgan fingerprint density at radius 2 is 1.74 bits per heavy atom. The summed E-state index contributed by atoms with van der Waals surface area (Å²) in [5, 5.41) is 1.80. The van der Waals surface area contributed by atoms with Crippen LogP contribution in [0.25, 0.3) is 0 Å². The maximum absolute atomic E-state index is 12.3. The summed E-state index contributed by atoms with van der Waals surface area (Å²) in [6.45, 7) is 0. The number of carbonyl (C=O) groups is 1. The molecule has 0 amide bonds. The molecule has 98 valence electrons. The van der Waals surface area contributed by atoms with Gasteiger partial charge in [0.25, 0.3) is 0 Å². The van der Waals surface area contributed by atoms with Crippen LogP contribution in [0.2, 0.25) is 0 Å². The number of hydrazine groups is 1. The topological polar surface area (TPSA) is 58.4 Å². The molecule has 0 unspecified atom stereocenters. The lowest BCUT2D eigenvalue weighted by Crippen LogP contribution is -2.20. The molecule has 0 aliphatic rings. The van der Waals surface area contributed by atoms with Crippen molar-refractivity contribution in [3.05, 3.63) is 59.7 Å². The van der Waals surface area contributed by atoms with E-state index in [-0.39, 0.29) is 5.78 Å². The highest BCUT2D eigenvalue weighted by Gasteiger charge is 2.10. The summed E-state index contributed by atoms with van der Waals surface area (Å²) in [4.78, 5) is 12.3. The normalized spacial score (nSPS) is 10.5. The summed E-state index contributed by atoms with van der Waals surface area (Å²) in [5.41, 5.74) is 11.5. The number of nitrogens with one attached hydrogen (secondary N) is 1. The fraction of sp³-hybridized carbons (Fsp3) is 0.133. The van der Waals surface area contributed by atoms with Crippen molar-refractivity contribution >= 4 is 17.2 Å². The molecule has 0 fully saturated rings. The van der Waals surface area contributed by atoms with Gasteiger partial charge in [-0.15, -0.1) is 0 Å². The fourth-order valence-corrected chi connectivity index (χ4v) is 1.86. The largest absolute Gasteiger partial charge is 0.399 e. The van der Waals surface area contributed by atoms with E-state index in [0.717, 1.165) is 5.69 Å². The highest BCUT2D eigenvalue weighted by Crippen LogP contribution is 2.19. The van der Waals surface area contributed by atoms with Crippen LogP contribution >= 0.6 is 0 Å². The van der Waals surface area contributed by atoms with Gasteiger partial charge >= 0.3 is 0 Å². The molecule has 3 N–H and O–H groups in total. The average molecular weight is 255 g/mol.